The summed E-state index contributed by atoms with van der Waals surface area (Å²) in [6.07, 6.45) is 2.21. The van der Waals surface area contributed by atoms with E-state index in [9.17, 15) is 19.5 Å². The number of carbonyl (C=O) groups excluding carboxylic acids is 3. The molecule has 0 unspecified atom stereocenters. The van der Waals surface area contributed by atoms with Crippen molar-refractivity contribution in [3.05, 3.63) is 65.2 Å². The van der Waals surface area contributed by atoms with Crippen LogP contribution in [-0.4, -0.2) is 72.8 Å². The monoisotopic (exact) mass is 505 g/mol. The third-order valence-electron chi connectivity index (χ3n) is 6.97. The number of likely N-dealkylation sites (tertiary alicyclic amines) is 1. The molecule has 0 radical (unpaired) electrons. The van der Waals surface area contributed by atoms with Gasteiger partial charge in [0.2, 0.25) is 0 Å². The molecule has 1 saturated heterocycles. The van der Waals surface area contributed by atoms with Gasteiger partial charge in [0, 0.05) is 24.2 Å². The predicted octanol–water partition coefficient (Wildman–Crippen LogP) is 3.76. The van der Waals surface area contributed by atoms with Crippen LogP contribution in [0.5, 0.6) is 5.75 Å². The van der Waals surface area contributed by atoms with Gasteiger partial charge in [0.05, 0.1) is 17.9 Å². The lowest BCUT2D eigenvalue weighted by atomic mass is 9.82. The summed E-state index contributed by atoms with van der Waals surface area (Å²) in [5.41, 5.74) is -0.340. The van der Waals surface area contributed by atoms with Crippen LogP contribution in [-0.2, 0) is 19.9 Å². The van der Waals surface area contributed by atoms with E-state index < -0.39 is 17.2 Å². The molecule has 8 nitrogen and oxygen atoms in total. The maximum Gasteiger partial charge on any atom is 0.296 e. The normalized spacial score (nSPS) is 20.4. The number of rotatable bonds is 10. The molecule has 2 aliphatic rings. The molecule has 1 atom stereocenters. The number of anilines is 1. The van der Waals surface area contributed by atoms with Crippen LogP contribution in [0.4, 0.5) is 5.69 Å². The molecular formula is C29H35N3O5. The Balaban J connectivity index is 1.94. The van der Waals surface area contributed by atoms with E-state index >= 15 is 0 Å². The molecule has 2 heterocycles. The van der Waals surface area contributed by atoms with Crippen molar-refractivity contribution in [3.63, 3.8) is 0 Å². The Labute approximate surface area is 218 Å². The smallest absolute Gasteiger partial charge is 0.296 e. The van der Waals surface area contributed by atoms with Gasteiger partial charge in [-0.3, -0.25) is 14.4 Å². The van der Waals surface area contributed by atoms with Crippen molar-refractivity contribution in [2.75, 3.05) is 45.2 Å². The van der Waals surface area contributed by atoms with Crippen LogP contribution in [0.15, 0.2) is 54.1 Å². The van der Waals surface area contributed by atoms with Crippen molar-refractivity contribution in [1.29, 1.82) is 0 Å². The molecule has 4 rings (SSSR count). The molecule has 8 heteroatoms. The standard InChI is InChI=1S/C29H35N3O5/c1-5-7-18-31-23-12-9-8-11-22(23)29(28(31)36)24(25(33)20-13-15-21(16-14-20)37-6-2)26(34)27(35)32(29)19-10-17-30(3)4/h8-9,11-16,33H,5-7,10,17-19H2,1-4H3/t29-/m0/s1. The molecule has 0 bridgehead atoms. The number of aliphatic hydroxyl groups is 1. The summed E-state index contributed by atoms with van der Waals surface area (Å²) in [6.45, 7) is 5.74. The summed E-state index contributed by atoms with van der Waals surface area (Å²) in [7, 11) is 3.86. The number of benzene rings is 2. The summed E-state index contributed by atoms with van der Waals surface area (Å²) in [4.78, 5) is 46.6. The largest absolute Gasteiger partial charge is 0.507 e. The third kappa shape index (κ3) is 4.39. The van der Waals surface area contributed by atoms with Crippen LogP contribution < -0.4 is 9.64 Å². The van der Waals surface area contributed by atoms with Crippen LogP contribution >= 0.6 is 0 Å². The van der Waals surface area contributed by atoms with Crippen molar-refractivity contribution in [3.8, 4) is 5.75 Å². The molecule has 1 fully saturated rings. The van der Waals surface area contributed by atoms with Gasteiger partial charge in [-0.25, -0.2) is 0 Å². The van der Waals surface area contributed by atoms with Gasteiger partial charge in [0.1, 0.15) is 11.5 Å². The van der Waals surface area contributed by atoms with Gasteiger partial charge in [-0.15, -0.1) is 0 Å². The highest BCUT2D eigenvalue weighted by molar-refractivity contribution is 6.50. The minimum absolute atomic E-state index is 0.178. The van der Waals surface area contributed by atoms with Crippen molar-refractivity contribution in [1.82, 2.24) is 9.80 Å². The lowest BCUT2D eigenvalue weighted by Gasteiger charge is -2.34. The van der Waals surface area contributed by atoms with Crippen LogP contribution in [0.25, 0.3) is 5.76 Å². The third-order valence-corrected chi connectivity index (χ3v) is 6.97. The lowest BCUT2D eigenvalue weighted by molar-refractivity contribution is -0.143. The Morgan fingerprint density at radius 2 is 1.68 bits per heavy atom. The number of aliphatic hydroxyl groups excluding tert-OH is 1. The Bertz CT molecular complexity index is 1220. The first-order valence-corrected chi connectivity index (χ1v) is 12.9. The van der Waals surface area contributed by atoms with Gasteiger partial charge in [0.15, 0.2) is 5.54 Å². The topological polar surface area (TPSA) is 90.4 Å². The Hall–Kier alpha value is -3.65. The number of ether oxygens (including phenoxy) is 1. The first kappa shape index (κ1) is 26.4. The van der Waals surface area contributed by atoms with Crippen LogP contribution in [0.3, 0.4) is 0 Å². The molecule has 2 aliphatic heterocycles. The highest BCUT2D eigenvalue weighted by atomic mass is 16.5. The van der Waals surface area contributed by atoms with Crippen molar-refractivity contribution in [2.45, 2.75) is 38.6 Å². The molecule has 1 N–H and O–H groups in total. The second kappa shape index (κ2) is 10.8. The van der Waals surface area contributed by atoms with Crippen molar-refractivity contribution >= 4 is 29.0 Å². The molecule has 2 aromatic rings. The van der Waals surface area contributed by atoms with Gasteiger partial charge in [0.25, 0.3) is 17.6 Å². The second-order valence-electron chi connectivity index (χ2n) is 9.66. The fourth-order valence-corrected chi connectivity index (χ4v) is 5.27. The molecule has 0 aliphatic carbocycles. The predicted molar refractivity (Wildman–Crippen MR) is 142 cm³/mol. The number of para-hydroxylation sites is 1. The number of hydrogen-bond acceptors (Lipinski definition) is 6. The number of hydrogen-bond donors (Lipinski definition) is 1. The zero-order chi connectivity index (χ0) is 26.7. The van der Waals surface area contributed by atoms with Gasteiger partial charge < -0.3 is 24.5 Å². The summed E-state index contributed by atoms with van der Waals surface area (Å²) in [6, 6.07) is 13.9. The number of unbranched alkanes of at least 4 members (excludes halogenated alkanes) is 1. The van der Waals surface area contributed by atoms with E-state index in [1.165, 1.54) is 4.90 Å². The Kier molecular flexibility index (Phi) is 7.68. The Morgan fingerprint density at radius 3 is 2.32 bits per heavy atom. The number of Topliss-reactive ketones (excluding diaryl/α,β-unsaturated/α-hetero) is 1. The van der Waals surface area contributed by atoms with Gasteiger partial charge in [-0.05, 0) is 70.7 Å². The lowest BCUT2D eigenvalue weighted by Crippen LogP contribution is -2.52. The summed E-state index contributed by atoms with van der Waals surface area (Å²) in [5.74, 6) is -1.75. The quantitative estimate of drug-likeness (QED) is 0.300. The van der Waals surface area contributed by atoms with E-state index in [1.54, 1.807) is 41.3 Å². The SMILES string of the molecule is CCCCN1C(=O)[C@@]2(C(=C(O)c3ccc(OCC)cc3)C(=O)C(=O)N2CCCN(C)C)c2ccccc21. The molecular weight excluding hydrogens is 470 g/mol. The maximum atomic E-state index is 14.4. The van der Waals surface area contributed by atoms with Gasteiger partial charge in [-0.2, -0.15) is 0 Å². The van der Waals surface area contributed by atoms with E-state index in [1.807, 2.05) is 45.0 Å². The number of ketones is 1. The van der Waals surface area contributed by atoms with E-state index in [0.29, 0.717) is 48.7 Å². The second-order valence-corrected chi connectivity index (χ2v) is 9.66. The Morgan fingerprint density at radius 1 is 0.973 bits per heavy atom. The molecule has 196 valence electrons. The molecule has 0 aromatic heterocycles. The minimum atomic E-state index is -1.71. The highest BCUT2D eigenvalue weighted by Gasteiger charge is 2.66. The fraction of sp³-hybridized carbons (Fsp3) is 0.414. The summed E-state index contributed by atoms with van der Waals surface area (Å²) >= 11 is 0. The van der Waals surface area contributed by atoms with E-state index in [0.717, 1.165) is 12.8 Å². The molecule has 37 heavy (non-hydrogen) atoms. The molecule has 2 amide bonds. The molecule has 0 saturated carbocycles. The minimum Gasteiger partial charge on any atom is -0.507 e. The number of fused-ring (bicyclic) bond motifs is 2. The summed E-state index contributed by atoms with van der Waals surface area (Å²) < 4.78 is 5.50. The number of nitrogens with zero attached hydrogens (tertiary/aromatic N) is 3. The first-order chi connectivity index (χ1) is 17.8. The van der Waals surface area contributed by atoms with E-state index in [2.05, 4.69) is 0 Å². The van der Waals surface area contributed by atoms with Gasteiger partial charge in [-0.1, -0.05) is 31.5 Å². The molecule has 1 spiro atoms. The fourth-order valence-electron chi connectivity index (χ4n) is 5.27. The van der Waals surface area contributed by atoms with Crippen LogP contribution in [0.1, 0.15) is 44.2 Å². The highest BCUT2D eigenvalue weighted by Crippen LogP contribution is 2.53. The van der Waals surface area contributed by atoms with Crippen LogP contribution in [0.2, 0.25) is 0 Å². The van der Waals surface area contributed by atoms with Crippen LogP contribution in [0, 0.1) is 0 Å². The number of amides is 2. The zero-order valence-electron chi connectivity index (χ0n) is 22.0. The summed E-state index contributed by atoms with van der Waals surface area (Å²) in [5, 5.41) is 11.6. The first-order valence-electron chi connectivity index (χ1n) is 12.9. The zero-order valence-corrected chi connectivity index (χ0v) is 22.0. The van der Waals surface area contributed by atoms with E-state index in [-0.39, 0.29) is 23.8 Å². The van der Waals surface area contributed by atoms with Crippen molar-refractivity contribution in [2.24, 2.45) is 0 Å². The van der Waals surface area contributed by atoms with Crippen molar-refractivity contribution < 1.29 is 24.2 Å². The number of carbonyl (C=O) groups is 3. The average molecular weight is 506 g/mol. The van der Waals surface area contributed by atoms with Gasteiger partial charge >= 0.3 is 0 Å². The average Bonchev–Trinajstić information content (AvgIpc) is 3.26. The molecule has 2 aromatic carbocycles. The maximum absolute atomic E-state index is 14.4. The van der Waals surface area contributed by atoms with E-state index in [4.69, 9.17) is 4.74 Å².